The van der Waals surface area contributed by atoms with Crippen LogP contribution in [0.15, 0.2) is 30.3 Å². The maximum absolute atomic E-state index is 12.0. The minimum absolute atomic E-state index is 0.00392. The molecule has 5 nitrogen and oxygen atoms in total. The monoisotopic (exact) mass is 289 g/mol. The van der Waals surface area contributed by atoms with Crippen molar-refractivity contribution < 1.29 is 9.59 Å². The molecule has 0 saturated heterocycles. The van der Waals surface area contributed by atoms with Gasteiger partial charge in [0.05, 0.1) is 6.54 Å². The number of carbonyl (C=O) groups is 2. The molecule has 0 heterocycles. The molecule has 0 atom stereocenters. The molecule has 114 valence electrons. The number of urea groups is 1. The van der Waals surface area contributed by atoms with E-state index in [1.54, 1.807) is 11.9 Å². The first-order chi connectivity index (χ1) is 10.2. The van der Waals surface area contributed by atoms with Crippen molar-refractivity contribution in [1.29, 1.82) is 0 Å². The number of nitrogens with one attached hydrogen (secondary N) is 2. The lowest BCUT2D eigenvalue weighted by Gasteiger charge is -2.23. The summed E-state index contributed by atoms with van der Waals surface area (Å²) >= 11 is 0. The molecule has 1 aliphatic rings. The molecular weight excluding hydrogens is 266 g/mol. The first-order valence-corrected chi connectivity index (χ1v) is 7.53. The van der Waals surface area contributed by atoms with Gasteiger partial charge in [-0.05, 0) is 25.0 Å². The summed E-state index contributed by atoms with van der Waals surface area (Å²) in [6.45, 7) is 0.00392. The molecule has 0 aromatic heterocycles. The second-order valence-corrected chi connectivity index (χ2v) is 5.45. The highest BCUT2D eigenvalue weighted by Crippen LogP contribution is 2.17. The Bertz CT molecular complexity index is 470. The van der Waals surface area contributed by atoms with Gasteiger partial charge in [0.25, 0.3) is 0 Å². The van der Waals surface area contributed by atoms with Crippen LogP contribution in [-0.4, -0.2) is 31.6 Å². The standard InChI is InChI=1S/C16H23N3O2/c1-19(14-10-6-3-7-11-14)15(20)12-17-16(21)18-13-8-4-2-5-9-13/h3,6-7,10-11,13H,2,4-5,8-9,12H2,1H3,(H2,17,18,21). The number of hydrogen-bond donors (Lipinski definition) is 2. The fraction of sp³-hybridized carbons (Fsp3) is 0.500. The van der Waals surface area contributed by atoms with Gasteiger partial charge in [-0.1, -0.05) is 37.5 Å². The molecule has 0 unspecified atom stereocenters. The van der Waals surface area contributed by atoms with Gasteiger partial charge in [-0.15, -0.1) is 0 Å². The molecule has 0 aliphatic heterocycles. The minimum atomic E-state index is -0.253. The third kappa shape index (κ3) is 4.77. The van der Waals surface area contributed by atoms with Gasteiger partial charge in [0, 0.05) is 18.8 Å². The van der Waals surface area contributed by atoms with Crippen molar-refractivity contribution in [3.63, 3.8) is 0 Å². The number of likely N-dealkylation sites (N-methyl/N-ethyl adjacent to an activating group) is 1. The number of hydrogen-bond acceptors (Lipinski definition) is 2. The lowest BCUT2D eigenvalue weighted by molar-refractivity contribution is -0.117. The molecule has 5 heteroatoms. The van der Waals surface area contributed by atoms with Crippen LogP contribution >= 0.6 is 0 Å². The molecule has 3 amide bonds. The van der Waals surface area contributed by atoms with Gasteiger partial charge in [-0.2, -0.15) is 0 Å². The third-order valence-electron chi connectivity index (χ3n) is 3.86. The minimum Gasteiger partial charge on any atom is -0.335 e. The molecule has 2 rings (SSSR count). The summed E-state index contributed by atoms with van der Waals surface area (Å²) in [6, 6.07) is 9.37. The van der Waals surface area contributed by atoms with E-state index >= 15 is 0 Å². The van der Waals surface area contributed by atoms with Gasteiger partial charge in [0.15, 0.2) is 0 Å². The maximum Gasteiger partial charge on any atom is 0.315 e. The third-order valence-corrected chi connectivity index (χ3v) is 3.86. The number of para-hydroxylation sites is 1. The SMILES string of the molecule is CN(C(=O)CNC(=O)NC1CCCCC1)c1ccccc1. The second-order valence-electron chi connectivity index (χ2n) is 5.45. The van der Waals surface area contributed by atoms with Crippen LogP contribution in [0.25, 0.3) is 0 Å². The van der Waals surface area contributed by atoms with Crippen LogP contribution in [0.4, 0.5) is 10.5 Å². The molecule has 2 N–H and O–H groups in total. The zero-order valence-corrected chi connectivity index (χ0v) is 12.5. The van der Waals surface area contributed by atoms with Crippen molar-refractivity contribution in [2.75, 3.05) is 18.5 Å². The van der Waals surface area contributed by atoms with E-state index in [4.69, 9.17) is 0 Å². The first kappa shape index (κ1) is 15.4. The van der Waals surface area contributed by atoms with Crippen LogP contribution in [-0.2, 0) is 4.79 Å². The lowest BCUT2D eigenvalue weighted by atomic mass is 9.96. The summed E-state index contributed by atoms with van der Waals surface area (Å²) in [5.74, 6) is -0.139. The summed E-state index contributed by atoms with van der Waals surface area (Å²) in [4.78, 5) is 25.3. The smallest absolute Gasteiger partial charge is 0.315 e. The van der Waals surface area contributed by atoms with E-state index < -0.39 is 0 Å². The van der Waals surface area contributed by atoms with E-state index in [1.165, 1.54) is 19.3 Å². The van der Waals surface area contributed by atoms with E-state index in [1.807, 2.05) is 30.3 Å². The second kappa shape index (κ2) is 7.67. The summed E-state index contributed by atoms with van der Waals surface area (Å²) in [6.07, 6.45) is 5.65. The Morgan fingerprint density at radius 1 is 1.14 bits per heavy atom. The molecule has 1 aliphatic carbocycles. The Hall–Kier alpha value is -2.04. The number of rotatable bonds is 4. The highest BCUT2D eigenvalue weighted by molar-refractivity contribution is 5.96. The fourth-order valence-electron chi connectivity index (χ4n) is 2.55. The van der Waals surface area contributed by atoms with Crippen LogP contribution < -0.4 is 15.5 Å². The molecule has 0 radical (unpaired) electrons. The molecule has 1 fully saturated rings. The summed E-state index contributed by atoms with van der Waals surface area (Å²) in [7, 11) is 1.71. The van der Waals surface area contributed by atoms with E-state index in [0.29, 0.717) is 0 Å². The molecule has 0 bridgehead atoms. The van der Waals surface area contributed by atoms with E-state index in [9.17, 15) is 9.59 Å². The highest BCUT2D eigenvalue weighted by Gasteiger charge is 2.16. The van der Waals surface area contributed by atoms with Crippen molar-refractivity contribution in [2.45, 2.75) is 38.1 Å². The van der Waals surface area contributed by atoms with Gasteiger partial charge in [-0.3, -0.25) is 4.79 Å². The molecule has 0 spiro atoms. The Morgan fingerprint density at radius 2 is 1.81 bits per heavy atom. The Morgan fingerprint density at radius 3 is 2.48 bits per heavy atom. The zero-order chi connectivity index (χ0) is 15.1. The molecule has 1 saturated carbocycles. The van der Waals surface area contributed by atoms with E-state index in [2.05, 4.69) is 10.6 Å². The molecule has 1 aromatic rings. The van der Waals surface area contributed by atoms with Gasteiger partial charge in [0.2, 0.25) is 5.91 Å². The Kier molecular flexibility index (Phi) is 5.60. The van der Waals surface area contributed by atoms with Gasteiger partial charge >= 0.3 is 6.03 Å². The van der Waals surface area contributed by atoms with Gasteiger partial charge in [-0.25, -0.2) is 4.79 Å². The number of anilines is 1. The number of nitrogens with zero attached hydrogens (tertiary/aromatic N) is 1. The van der Waals surface area contributed by atoms with Crippen LogP contribution in [0.3, 0.4) is 0 Å². The largest absolute Gasteiger partial charge is 0.335 e. The van der Waals surface area contributed by atoms with Crippen LogP contribution in [0.2, 0.25) is 0 Å². The summed E-state index contributed by atoms with van der Waals surface area (Å²) in [5.41, 5.74) is 0.817. The zero-order valence-electron chi connectivity index (χ0n) is 12.5. The topological polar surface area (TPSA) is 61.4 Å². The predicted molar refractivity (Wildman–Crippen MR) is 83.3 cm³/mol. The predicted octanol–water partition coefficient (Wildman–Crippen LogP) is 2.28. The Labute approximate surface area is 125 Å². The van der Waals surface area contributed by atoms with Crippen molar-refractivity contribution in [3.8, 4) is 0 Å². The van der Waals surface area contributed by atoms with Crippen molar-refractivity contribution in [3.05, 3.63) is 30.3 Å². The maximum atomic E-state index is 12.0. The number of benzene rings is 1. The number of carbonyl (C=O) groups excluding carboxylic acids is 2. The van der Waals surface area contributed by atoms with Crippen molar-refractivity contribution in [2.24, 2.45) is 0 Å². The molecule has 1 aromatic carbocycles. The Balaban J connectivity index is 1.74. The summed E-state index contributed by atoms with van der Waals surface area (Å²) < 4.78 is 0. The highest BCUT2D eigenvalue weighted by atomic mass is 16.2. The van der Waals surface area contributed by atoms with Crippen LogP contribution in [0.5, 0.6) is 0 Å². The normalized spacial score (nSPS) is 15.3. The quantitative estimate of drug-likeness (QED) is 0.893. The van der Waals surface area contributed by atoms with Crippen LogP contribution in [0, 0.1) is 0 Å². The molecule has 21 heavy (non-hydrogen) atoms. The van der Waals surface area contributed by atoms with Crippen molar-refractivity contribution in [1.82, 2.24) is 10.6 Å². The fourth-order valence-corrected chi connectivity index (χ4v) is 2.55. The molecular formula is C16H23N3O2. The van der Waals surface area contributed by atoms with Gasteiger partial charge < -0.3 is 15.5 Å². The lowest BCUT2D eigenvalue weighted by Crippen LogP contribution is -2.46. The average molecular weight is 289 g/mol. The van der Waals surface area contributed by atoms with Crippen molar-refractivity contribution >= 4 is 17.6 Å². The summed E-state index contributed by atoms with van der Waals surface area (Å²) in [5, 5.41) is 5.57. The first-order valence-electron chi connectivity index (χ1n) is 7.53. The van der Waals surface area contributed by atoms with E-state index in [0.717, 1.165) is 18.5 Å². The van der Waals surface area contributed by atoms with Gasteiger partial charge in [0.1, 0.15) is 0 Å². The average Bonchev–Trinajstić information content (AvgIpc) is 2.53. The van der Waals surface area contributed by atoms with Crippen LogP contribution in [0.1, 0.15) is 32.1 Å². The van der Waals surface area contributed by atoms with E-state index in [-0.39, 0.29) is 24.5 Å². The number of amides is 3.